The third-order valence-electron chi connectivity index (χ3n) is 9.45. The molecule has 3 fully saturated rings. The van der Waals surface area contributed by atoms with E-state index in [2.05, 4.69) is 0 Å². The summed E-state index contributed by atoms with van der Waals surface area (Å²) in [4.78, 5) is 25.2. The van der Waals surface area contributed by atoms with Crippen LogP contribution in [0.3, 0.4) is 0 Å². The van der Waals surface area contributed by atoms with Crippen LogP contribution in [0.2, 0.25) is 0 Å². The Morgan fingerprint density at radius 1 is 1.26 bits per heavy atom. The number of aliphatic hydroxyl groups excluding tert-OH is 2. The van der Waals surface area contributed by atoms with Crippen molar-refractivity contribution < 1.29 is 37.0 Å². The number of aliphatic hydroxyl groups is 2. The van der Waals surface area contributed by atoms with Crippen LogP contribution in [0.4, 0.5) is 8.78 Å². The maximum atomic E-state index is 16.6. The molecule has 3 aliphatic carbocycles. The van der Waals surface area contributed by atoms with E-state index in [4.69, 9.17) is 0 Å². The summed E-state index contributed by atoms with van der Waals surface area (Å²) < 4.78 is 58.9. The first kappa shape index (κ1) is 26.6. The normalized spacial score (nSPS) is 44.2. The SMILES string of the molecule is CC(C)S(=O)(=O)N1CC2CC3C4CC(F)C=CC(=O)C=CCC4(F)C(O)CC3(C)C2(C(=O)CO)C1. The van der Waals surface area contributed by atoms with Gasteiger partial charge in [0.1, 0.15) is 18.4 Å². The second kappa shape index (κ2) is 8.82. The summed E-state index contributed by atoms with van der Waals surface area (Å²) in [6.07, 6.45) is 1.19. The maximum absolute atomic E-state index is 16.6. The number of carbonyl (C=O) groups excluding carboxylic acids is 2. The van der Waals surface area contributed by atoms with Gasteiger partial charge in [-0.05, 0) is 68.6 Å². The minimum Gasteiger partial charge on any atom is -0.390 e. The number of rotatable bonds is 4. The molecule has 1 saturated heterocycles. The van der Waals surface area contributed by atoms with Crippen LogP contribution in [0, 0.1) is 28.6 Å². The first-order valence-electron chi connectivity index (χ1n) is 12.3. The molecule has 0 aromatic heterocycles. The van der Waals surface area contributed by atoms with Crippen molar-refractivity contribution in [3.63, 3.8) is 0 Å². The topological polar surface area (TPSA) is 112 Å². The number of carbonyl (C=O) groups is 2. The zero-order valence-electron chi connectivity index (χ0n) is 20.4. The van der Waals surface area contributed by atoms with Gasteiger partial charge in [-0.25, -0.2) is 21.5 Å². The van der Waals surface area contributed by atoms with E-state index in [9.17, 15) is 32.6 Å². The number of Topliss-reactive ketones (excluding diaryl/α,β-unsaturated/α-hetero) is 1. The van der Waals surface area contributed by atoms with Gasteiger partial charge in [-0.3, -0.25) is 9.59 Å². The number of halogens is 2. The molecule has 0 aromatic carbocycles. The van der Waals surface area contributed by atoms with E-state index in [0.29, 0.717) is 0 Å². The lowest BCUT2D eigenvalue weighted by Gasteiger charge is -2.56. The minimum absolute atomic E-state index is 0.0633. The Balaban J connectivity index is 1.81. The van der Waals surface area contributed by atoms with Crippen LogP contribution < -0.4 is 0 Å². The highest BCUT2D eigenvalue weighted by Crippen LogP contribution is 2.71. The van der Waals surface area contributed by atoms with Crippen LogP contribution >= 0.6 is 0 Å². The van der Waals surface area contributed by atoms with E-state index in [1.807, 2.05) is 0 Å². The number of alkyl halides is 2. The number of hydrogen-bond donors (Lipinski definition) is 2. The second-order valence-electron chi connectivity index (χ2n) is 11.3. The van der Waals surface area contributed by atoms with Gasteiger partial charge in [-0.1, -0.05) is 13.0 Å². The van der Waals surface area contributed by atoms with E-state index in [0.717, 1.165) is 12.2 Å². The monoisotopic (exact) mass is 515 g/mol. The Labute approximate surface area is 205 Å². The third-order valence-corrected chi connectivity index (χ3v) is 11.6. The van der Waals surface area contributed by atoms with Gasteiger partial charge < -0.3 is 10.2 Å². The molecular formula is C25H35F2NO6S. The van der Waals surface area contributed by atoms with Crippen LogP contribution in [0.5, 0.6) is 0 Å². The number of fused-ring (bicyclic) bond motifs is 5. The fourth-order valence-corrected chi connectivity index (χ4v) is 9.00. The Bertz CT molecular complexity index is 1060. The Morgan fingerprint density at radius 3 is 2.57 bits per heavy atom. The number of allylic oxidation sites excluding steroid dienone is 4. The van der Waals surface area contributed by atoms with Crippen LogP contribution in [0.25, 0.3) is 0 Å². The van der Waals surface area contributed by atoms with Crippen molar-refractivity contribution in [3.05, 3.63) is 24.3 Å². The molecule has 4 aliphatic rings. The van der Waals surface area contributed by atoms with Crippen LogP contribution in [0.15, 0.2) is 24.3 Å². The molecule has 2 saturated carbocycles. The van der Waals surface area contributed by atoms with Gasteiger partial charge >= 0.3 is 0 Å². The second-order valence-corrected chi connectivity index (χ2v) is 13.8. The standard InChI is InChI=1S/C25H35F2NO6S/c1-15(2)35(33,34)28-12-16-9-19-20-10-17(26)6-7-18(30)5-4-8-25(20,27)21(31)11-23(19,3)24(16,14-28)22(32)13-29/h4-7,15-17,19-21,29,31H,8-14H2,1-3H3. The Kier molecular flexibility index (Phi) is 6.69. The van der Waals surface area contributed by atoms with Crippen molar-refractivity contribution in [1.29, 1.82) is 0 Å². The van der Waals surface area contributed by atoms with Gasteiger partial charge in [-0.15, -0.1) is 0 Å². The molecule has 1 heterocycles. The lowest BCUT2D eigenvalue weighted by Crippen LogP contribution is -2.62. The molecule has 0 aromatic rings. The van der Waals surface area contributed by atoms with Crippen LogP contribution in [0.1, 0.15) is 46.5 Å². The molecular weight excluding hydrogens is 480 g/mol. The summed E-state index contributed by atoms with van der Waals surface area (Å²) in [5, 5.41) is 20.4. The predicted octanol–water partition coefficient (Wildman–Crippen LogP) is 2.13. The fourth-order valence-electron chi connectivity index (χ4n) is 7.63. The molecule has 0 spiro atoms. The first-order chi connectivity index (χ1) is 16.2. The van der Waals surface area contributed by atoms with E-state index in [-0.39, 0.29) is 38.8 Å². The van der Waals surface area contributed by atoms with E-state index in [1.165, 1.54) is 16.5 Å². The van der Waals surface area contributed by atoms with Gasteiger partial charge in [-0.2, -0.15) is 0 Å². The molecule has 2 N–H and O–H groups in total. The predicted molar refractivity (Wildman–Crippen MR) is 125 cm³/mol. The van der Waals surface area contributed by atoms with Crippen molar-refractivity contribution in [1.82, 2.24) is 4.31 Å². The van der Waals surface area contributed by atoms with Crippen molar-refractivity contribution in [2.24, 2.45) is 28.6 Å². The van der Waals surface area contributed by atoms with E-state index >= 15 is 4.39 Å². The summed E-state index contributed by atoms with van der Waals surface area (Å²) in [6.45, 7) is 4.01. The van der Waals surface area contributed by atoms with E-state index < -0.39 is 80.0 Å². The molecule has 0 amide bonds. The van der Waals surface area contributed by atoms with Crippen molar-refractivity contribution >= 4 is 21.6 Å². The summed E-state index contributed by atoms with van der Waals surface area (Å²) in [6, 6.07) is 0. The van der Waals surface area contributed by atoms with Crippen molar-refractivity contribution in [2.75, 3.05) is 19.7 Å². The quantitative estimate of drug-likeness (QED) is 0.593. The highest BCUT2D eigenvalue weighted by atomic mass is 32.2. The molecule has 0 bridgehead atoms. The third kappa shape index (κ3) is 3.78. The molecule has 8 atom stereocenters. The fraction of sp³-hybridized carbons (Fsp3) is 0.760. The number of hydrogen-bond acceptors (Lipinski definition) is 6. The average Bonchev–Trinajstić information content (AvgIpc) is 3.29. The largest absolute Gasteiger partial charge is 0.390 e. The van der Waals surface area contributed by atoms with E-state index in [1.54, 1.807) is 20.8 Å². The molecule has 8 unspecified atom stereocenters. The van der Waals surface area contributed by atoms with Gasteiger partial charge in [0.2, 0.25) is 10.0 Å². The number of nitrogens with zero attached hydrogens (tertiary/aromatic N) is 1. The molecule has 10 heteroatoms. The van der Waals surface area contributed by atoms with Crippen LogP contribution in [-0.4, -0.2) is 77.4 Å². The highest BCUT2D eigenvalue weighted by Gasteiger charge is 2.75. The van der Waals surface area contributed by atoms with Crippen molar-refractivity contribution in [3.8, 4) is 0 Å². The number of sulfonamides is 1. The maximum Gasteiger partial charge on any atom is 0.216 e. The molecule has 1 aliphatic heterocycles. The molecule has 196 valence electrons. The molecule has 7 nitrogen and oxygen atoms in total. The van der Waals surface area contributed by atoms with Crippen molar-refractivity contribution in [2.45, 2.75) is 69.6 Å². The Hall–Kier alpha value is -1.49. The van der Waals surface area contributed by atoms with Crippen LogP contribution in [-0.2, 0) is 19.6 Å². The van der Waals surface area contributed by atoms with Gasteiger partial charge in [0.05, 0.1) is 16.8 Å². The molecule has 4 rings (SSSR count). The average molecular weight is 516 g/mol. The molecule has 35 heavy (non-hydrogen) atoms. The Morgan fingerprint density at radius 2 is 1.94 bits per heavy atom. The zero-order valence-corrected chi connectivity index (χ0v) is 21.2. The smallest absolute Gasteiger partial charge is 0.216 e. The first-order valence-corrected chi connectivity index (χ1v) is 13.8. The summed E-state index contributed by atoms with van der Waals surface area (Å²) in [5.74, 6) is -2.94. The highest BCUT2D eigenvalue weighted by molar-refractivity contribution is 7.89. The zero-order chi connectivity index (χ0) is 26.0. The molecule has 0 radical (unpaired) electrons. The number of ketones is 2. The summed E-state index contributed by atoms with van der Waals surface area (Å²) >= 11 is 0. The van der Waals surface area contributed by atoms with Gasteiger partial charge in [0, 0.05) is 25.4 Å². The summed E-state index contributed by atoms with van der Waals surface area (Å²) in [5.41, 5.74) is -4.56. The lowest BCUT2D eigenvalue weighted by molar-refractivity contribution is -0.176. The lowest BCUT2D eigenvalue weighted by atomic mass is 9.49. The van der Waals surface area contributed by atoms with Gasteiger partial charge in [0.25, 0.3) is 0 Å². The van der Waals surface area contributed by atoms with Gasteiger partial charge in [0.15, 0.2) is 11.6 Å². The minimum atomic E-state index is -3.69. The summed E-state index contributed by atoms with van der Waals surface area (Å²) in [7, 11) is -3.69.